The van der Waals surface area contributed by atoms with Crippen LogP contribution < -0.4 is 5.32 Å². The van der Waals surface area contributed by atoms with Crippen LogP contribution in [-0.2, 0) is 0 Å². The van der Waals surface area contributed by atoms with Crippen LogP contribution in [0.25, 0.3) is 66.1 Å². The van der Waals surface area contributed by atoms with Crippen molar-refractivity contribution in [3.63, 3.8) is 0 Å². The molecule has 0 bridgehead atoms. The van der Waals surface area contributed by atoms with Crippen molar-refractivity contribution in [2.24, 2.45) is 9.98 Å². The van der Waals surface area contributed by atoms with Crippen molar-refractivity contribution >= 4 is 55.3 Å². The first-order valence-corrected chi connectivity index (χ1v) is 19.0. The molecule has 5 nitrogen and oxygen atoms in total. The lowest BCUT2D eigenvalue weighted by molar-refractivity contribution is 0.674. The Hall–Kier alpha value is -7.50. The van der Waals surface area contributed by atoms with E-state index in [0.717, 1.165) is 50.5 Å². The Morgan fingerprint density at radius 3 is 1.71 bits per heavy atom. The minimum absolute atomic E-state index is 0.329. The van der Waals surface area contributed by atoms with Crippen LogP contribution in [0.5, 0.6) is 0 Å². The summed E-state index contributed by atoms with van der Waals surface area (Å²) < 4.78 is 4.80. The maximum Gasteiger partial charge on any atom is 0.159 e. The smallest absolute Gasteiger partial charge is 0.159 e. The molecule has 11 rings (SSSR count). The van der Waals surface area contributed by atoms with Crippen molar-refractivity contribution in [3.05, 3.63) is 217 Å². The first-order chi connectivity index (χ1) is 27.8. The van der Waals surface area contributed by atoms with E-state index in [4.69, 9.17) is 9.98 Å². The van der Waals surface area contributed by atoms with E-state index in [2.05, 4.69) is 178 Å². The van der Waals surface area contributed by atoms with Crippen molar-refractivity contribution < 1.29 is 0 Å². The van der Waals surface area contributed by atoms with Crippen molar-refractivity contribution in [1.82, 2.24) is 14.5 Å². The number of amidine groups is 2. The van der Waals surface area contributed by atoms with E-state index in [-0.39, 0.29) is 6.17 Å². The second-order valence-corrected chi connectivity index (χ2v) is 14.3. The standard InChI is InChI=1S/C51H35N5/c1-4-16-34(17-5-1)49-52-50(35-18-6-2-7-19-35)54-51(53-49)37-21-14-20-36(32-37)40-26-15-29-47-48(40)43-33-39(30-31-46(43)55(47)38-22-8-3-9-23-38)56-44-27-12-10-24-41(44)42-25-11-13-28-45(42)56/h1-33,51H,(H,52,53,54). The molecule has 10 aromatic rings. The van der Waals surface area contributed by atoms with Gasteiger partial charge in [0.1, 0.15) is 12.0 Å². The van der Waals surface area contributed by atoms with Gasteiger partial charge in [-0.15, -0.1) is 0 Å². The summed E-state index contributed by atoms with van der Waals surface area (Å²) in [7, 11) is 0. The van der Waals surface area contributed by atoms with Crippen LogP contribution in [0.1, 0.15) is 22.9 Å². The predicted molar refractivity (Wildman–Crippen MR) is 232 cm³/mol. The summed E-state index contributed by atoms with van der Waals surface area (Å²) in [6, 6.07) is 71.1. The normalized spacial score (nSPS) is 14.2. The zero-order valence-electron chi connectivity index (χ0n) is 30.4. The Bertz CT molecular complexity index is 3100. The summed E-state index contributed by atoms with van der Waals surface area (Å²) in [5.41, 5.74) is 12.3. The molecule has 3 heterocycles. The highest BCUT2D eigenvalue weighted by Crippen LogP contribution is 2.41. The Balaban J connectivity index is 1.11. The summed E-state index contributed by atoms with van der Waals surface area (Å²) in [5, 5.41) is 8.58. The van der Waals surface area contributed by atoms with Crippen LogP contribution in [0.2, 0.25) is 0 Å². The lowest BCUT2D eigenvalue weighted by atomic mass is 9.97. The molecule has 0 fully saturated rings. The fourth-order valence-corrected chi connectivity index (χ4v) is 8.45. The summed E-state index contributed by atoms with van der Waals surface area (Å²) in [6.07, 6.45) is -0.329. The van der Waals surface area contributed by atoms with Crippen molar-refractivity contribution in [1.29, 1.82) is 0 Å². The molecule has 0 radical (unpaired) electrons. The molecule has 1 N–H and O–H groups in total. The van der Waals surface area contributed by atoms with Gasteiger partial charge in [0.25, 0.3) is 0 Å². The second-order valence-electron chi connectivity index (χ2n) is 14.3. The molecule has 1 aliphatic rings. The number of hydrogen-bond acceptors (Lipinski definition) is 3. The number of aliphatic imine (C=N–C) groups is 2. The average molecular weight is 718 g/mol. The number of aromatic nitrogens is 2. The van der Waals surface area contributed by atoms with Crippen LogP contribution in [0, 0.1) is 0 Å². The third-order valence-corrected chi connectivity index (χ3v) is 11.0. The highest BCUT2D eigenvalue weighted by Gasteiger charge is 2.23. The van der Waals surface area contributed by atoms with Crippen LogP contribution in [0.15, 0.2) is 210 Å². The molecule has 0 spiro atoms. The lowest BCUT2D eigenvalue weighted by Gasteiger charge is -2.24. The summed E-state index contributed by atoms with van der Waals surface area (Å²) >= 11 is 0. The van der Waals surface area contributed by atoms with Gasteiger partial charge in [-0.25, -0.2) is 9.98 Å². The number of nitrogens with one attached hydrogen (secondary N) is 1. The van der Waals surface area contributed by atoms with E-state index in [0.29, 0.717) is 5.84 Å². The van der Waals surface area contributed by atoms with Crippen molar-refractivity contribution in [2.45, 2.75) is 6.17 Å². The number of nitrogens with zero attached hydrogens (tertiary/aromatic N) is 4. The topological polar surface area (TPSA) is 46.6 Å². The third-order valence-electron chi connectivity index (χ3n) is 11.0. The van der Waals surface area contributed by atoms with Gasteiger partial charge in [0.15, 0.2) is 5.84 Å². The van der Waals surface area contributed by atoms with Crippen LogP contribution in [0.3, 0.4) is 0 Å². The van der Waals surface area contributed by atoms with Crippen LogP contribution in [0.4, 0.5) is 0 Å². The van der Waals surface area contributed by atoms with E-state index in [1.165, 1.54) is 38.1 Å². The molecule has 0 aliphatic carbocycles. The van der Waals surface area contributed by atoms with Gasteiger partial charge in [0.2, 0.25) is 0 Å². The third kappa shape index (κ3) is 5.24. The van der Waals surface area contributed by atoms with E-state index in [1.807, 2.05) is 36.4 Å². The van der Waals surface area contributed by atoms with Crippen LogP contribution in [-0.4, -0.2) is 20.8 Å². The summed E-state index contributed by atoms with van der Waals surface area (Å²) in [6.45, 7) is 0. The molecule has 56 heavy (non-hydrogen) atoms. The van der Waals surface area contributed by atoms with Gasteiger partial charge in [0.05, 0.1) is 22.1 Å². The minimum atomic E-state index is -0.329. The molecule has 1 aliphatic heterocycles. The molecule has 8 aromatic carbocycles. The molecular weight excluding hydrogens is 683 g/mol. The lowest BCUT2D eigenvalue weighted by Crippen LogP contribution is -2.33. The molecule has 5 heteroatoms. The number of para-hydroxylation sites is 3. The van der Waals surface area contributed by atoms with Gasteiger partial charge in [0, 0.05) is 44.0 Å². The zero-order valence-corrected chi connectivity index (χ0v) is 30.4. The maximum absolute atomic E-state index is 5.19. The SMILES string of the molecule is c1ccc(C2=NC(c3cccc(-c4cccc5c4c4cc(-n6c7ccccc7c7ccccc76)ccc4n5-c4ccccc4)c3)NC(c3ccccc3)=N2)cc1. The van der Waals surface area contributed by atoms with Crippen molar-refractivity contribution in [3.8, 4) is 22.5 Å². The Morgan fingerprint density at radius 2 is 0.982 bits per heavy atom. The molecular formula is C51H35N5. The van der Waals surface area contributed by atoms with Crippen LogP contribution >= 0.6 is 0 Å². The monoisotopic (exact) mass is 717 g/mol. The van der Waals surface area contributed by atoms with E-state index in [1.54, 1.807) is 0 Å². The molecule has 0 amide bonds. The number of rotatable bonds is 6. The first-order valence-electron chi connectivity index (χ1n) is 19.0. The number of hydrogen-bond donors (Lipinski definition) is 1. The molecule has 1 atom stereocenters. The highest BCUT2D eigenvalue weighted by atomic mass is 15.2. The van der Waals surface area contributed by atoms with Crippen molar-refractivity contribution in [2.75, 3.05) is 0 Å². The minimum Gasteiger partial charge on any atom is -0.344 e. The molecule has 264 valence electrons. The Morgan fingerprint density at radius 1 is 0.411 bits per heavy atom. The van der Waals surface area contributed by atoms with E-state index < -0.39 is 0 Å². The maximum atomic E-state index is 5.19. The number of benzene rings is 8. The Labute approximate surface area is 324 Å². The average Bonchev–Trinajstić information content (AvgIpc) is 3.80. The largest absolute Gasteiger partial charge is 0.344 e. The fourth-order valence-electron chi connectivity index (χ4n) is 8.45. The van der Waals surface area contributed by atoms with Gasteiger partial charge in [-0.2, -0.15) is 0 Å². The van der Waals surface area contributed by atoms with Gasteiger partial charge in [-0.05, 0) is 71.3 Å². The quantitative estimate of drug-likeness (QED) is 0.183. The molecule has 0 saturated heterocycles. The van der Waals surface area contributed by atoms with E-state index in [9.17, 15) is 0 Å². The van der Waals surface area contributed by atoms with Gasteiger partial charge >= 0.3 is 0 Å². The highest BCUT2D eigenvalue weighted by molar-refractivity contribution is 6.17. The number of fused-ring (bicyclic) bond motifs is 6. The van der Waals surface area contributed by atoms with Gasteiger partial charge < -0.3 is 14.5 Å². The summed E-state index contributed by atoms with van der Waals surface area (Å²) in [4.78, 5) is 10.2. The fraction of sp³-hybridized carbons (Fsp3) is 0.0196. The molecule has 0 saturated carbocycles. The molecule has 1 unspecified atom stereocenters. The first kappa shape index (κ1) is 32.0. The van der Waals surface area contributed by atoms with Gasteiger partial charge in [-0.1, -0.05) is 146 Å². The molecule has 2 aromatic heterocycles. The predicted octanol–water partition coefficient (Wildman–Crippen LogP) is 12.0. The van der Waals surface area contributed by atoms with E-state index >= 15 is 0 Å². The zero-order chi connectivity index (χ0) is 37.0. The van der Waals surface area contributed by atoms with Gasteiger partial charge in [-0.3, -0.25) is 0 Å². The Kier molecular flexibility index (Phi) is 7.49. The summed E-state index contributed by atoms with van der Waals surface area (Å²) in [5.74, 6) is 1.52. The second kappa shape index (κ2) is 13.1.